The Labute approximate surface area is 200 Å². The van der Waals surface area contributed by atoms with Gasteiger partial charge in [-0.15, -0.1) is 11.3 Å². The Hall–Kier alpha value is -3.05. The molecule has 0 spiro atoms. The van der Waals surface area contributed by atoms with Gasteiger partial charge in [0.2, 0.25) is 5.88 Å². The van der Waals surface area contributed by atoms with E-state index in [4.69, 9.17) is 9.26 Å². The average molecular weight is 498 g/mol. The van der Waals surface area contributed by atoms with Gasteiger partial charge in [0.05, 0.1) is 10.4 Å². The second kappa shape index (κ2) is 8.31. The maximum absolute atomic E-state index is 11.8. The Morgan fingerprint density at radius 1 is 1.09 bits per heavy atom. The number of fused-ring (bicyclic) bond motifs is 1. The molecular weight excluding hydrogens is 474 g/mol. The van der Waals surface area contributed by atoms with E-state index < -0.39 is 9.84 Å². The summed E-state index contributed by atoms with van der Waals surface area (Å²) in [5.74, 6) is 1.89. The van der Waals surface area contributed by atoms with Crippen molar-refractivity contribution in [1.82, 2.24) is 20.1 Å². The molecule has 0 atom stereocenters. The van der Waals surface area contributed by atoms with Crippen molar-refractivity contribution in [3.63, 3.8) is 0 Å². The van der Waals surface area contributed by atoms with E-state index in [0.717, 1.165) is 65.9 Å². The molecule has 0 unspecified atom stereocenters. The molecule has 34 heavy (non-hydrogen) atoms. The van der Waals surface area contributed by atoms with Gasteiger partial charge in [-0.05, 0) is 30.5 Å². The lowest BCUT2D eigenvalue weighted by atomic mass is 10.1. The number of thiophene rings is 1. The number of rotatable bonds is 6. The summed E-state index contributed by atoms with van der Waals surface area (Å²) in [4.78, 5) is 15.9. The van der Waals surface area contributed by atoms with Crippen LogP contribution in [0.2, 0.25) is 0 Å². The molecule has 0 amide bonds. The predicted octanol–water partition coefficient (Wildman–Crippen LogP) is 4.07. The van der Waals surface area contributed by atoms with Crippen LogP contribution in [0, 0.1) is 0 Å². The van der Waals surface area contributed by atoms with Crippen molar-refractivity contribution in [2.75, 3.05) is 24.2 Å². The maximum atomic E-state index is 11.8. The van der Waals surface area contributed by atoms with E-state index in [2.05, 4.69) is 25.0 Å². The Balaban J connectivity index is 1.16. The van der Waals surface area contributed by atoms with Crippen molar-refractivity contribution in [2.45, 2.75) is 42.6 Å². The van der Waals surface area contributed by atoms with Gasteiger partial charge in [0.25, 0.3) is 0 Å². The number of sulfone groups is 1. The highest BCUT2D eigenvalue weighted by Crippen LogP contribution is 2.39. The Morgan fingerprint density at radius 3 is 2.56 bits per heavy atom. The smallest absolute Gasteiger partial charge is 0.324 e. The van der Waals surface area contributed by atoms with E-state index in [-0.39, 0.29) is 6.10 Å². The summed E-state index contributed by atoms with van der Waals surface area (Å²) in [5.41, 5.74) is 2.64. The molecule has 1 saturated carbocycles. The van der Waals surface area contributed by atoms with E-state index >= 15 is 0 Å². The molecule has 0 bridgehead atoms. The Kier molecular flexibility index (Phi) is 5.25. The highest BCUT2D eigenvalue weighted by Gasteiger charge is 2.31. The SMILES string of the molecule is CS(=O)(=O)c1ccc(-c2csc3c(OC4CCN(c5nc(C6CC6)no5)CC4)ncnc23)cc1. The van der Waals surface area contributed by atoms with Crippen LogP contribution >= 0.6 is 11.3 Å². The molecular formula is C23H23N5O4S2. The molecule has 4 aromatic rings. The summed E-state index contributed by atoms with van der Waals surface area (Å²) in [6.07, 6.45) is 6.73. The van der Waals surface area contributed by atoms with Gasteiger partial charge in [0.15, 0.2) is 15.7 Å². The third-order valence-electron chi connectivity index (χ3n) is 6.28. The summed E-state index contributed by atoms with van der Waals surface area (Å²) in [6, 6.07) is 7.47. The summed E-state index contributed by atoms with van der Waals surface area (Å²) >= 11 is 1.53. The van der Waals surface area contributed by atoms with Crippen LogP contribution in [0.15, 0.2) is 45.4 Å². The molecule has 1 aliphatic heterocycles. The first-order valence-electron chi connectivity index (χ1n) is 11.2. The largest absolute Gasteiger partial charge is 0.473 e. The van der Waals surface area contributed by atoms with Crippen LogP contribution in [0.3, 0.4) is 0 Å². The van der Waals surface area contributed by atoms with E-state index in [1.54, 1.807) is 12.1 Å². The van der Waals surface area contributed by atoms with Gasteiger partial charge in [-0.2, -0.15) is 4.98 Å². The van der Waals surface area contributed by atoms with Crippen LogP contribution in [0.1, 0.15) is 37.4 Å². The fourth-order valence-corrected chi connectivity index (χ4v) is 5.77. The number of benzene rings is 1. The lowest BCUT2D eigenvalue weighted by Crippen LogP contribution is -2.38. The average Bonchev–Trinajstić information content (AvgIpc) is 3.40. The lowest BCUT2D eigenvalue weighted by Gasteiger charge is -2.30. The number of ether oxygens (including phenoxy) is 1. The van der Waals surface area contributed by atoms with Gasteiger partial charge in [-0.25, -0.2) is 18.4 Å². The van der Waals surface area contributed by atoms with Gasteiger partial charge in [-0.3, -0.25) is 0 Å². The first-order valence-corrected chi connectivity index (χ1v) is 14.0. The van der Waals surface area contributed by atoms with Crippen molar-refractivity contribution in [3.05, 3.63) is 41.8 Å². The van der Waals surface area contributed by atoms with E-state index in [9.17, 15) is 8.42 Å². The Bertz CT molecular complexity index is 1440. The number of anilines is 1. The standard InChI is InChI=1S/C23H23N5O4S2/c1-34(29,30)17-6-4-14(5-7-17)18-12-33-20-19(18)24-13-25-22(20)31-16-8-10-28(11-9-16)23-26-21(27-32-23)15-2-3-15/h4-7,12-13,15-16H,2-3,8-11H2,1H3. The van der Waals surface area contributed by atoms with Gasteiger partial charge in [0.1, 0.15) is 17.1 Å². The zero-order valence-corrected chi connectivity index (χ0v) is 20.2. The fourth-order valence-electron chi connectivity index (χ4n) is 4.18. The van der Waals surface area contributed by atoms with Crippen molar-refractivity contribution < 1.29 is 17.7 Å². The van der Waals surface area contributed by atoms with Gasteiger partial charge in [-0.1, -0.05) is 17.3 Å². The number of hydrogen-bond acceptors (Lipinski definition) is 10. The molecule has 11 heteroatoms. The fraction of sp³-hybridized carbons (Fsp3) is 0.391. The van der Waals surface area contributed by atoms with E-state index in [0.29, 0.717) is 22.7 Å². The third-order valence-corrected chi connectivity index (χ3v) is 8.36. The predicted molar refractivity (Wildman–Crippen MR) is 128 cm³/mol. The van der Waals surface area contributed by atoms with Crippen LogP contribution in [0.4, 0.5) is 6.01 Å². The van der Waals surface area contributed by atoms with Crippen molar-refractivity contribution in [3.8, 4) is 17.0 Å². The number of piperidine rings is 1. The Morgan fingerprint density at radius 2 is 1.85 bits per heavy atom. The maximum Gasteiger partial charge on any atom is 0.324 e. The third kappa shape index (κ3) is 4.14. The molecule has 6 rings (SSSR count). The molecule has 1 aromatic carbocycles. The highest BCUT2D eigenvalue weighted by molar-refractivity contribution is 7.90. The number of hydrogen-bond donors (Lipinski definition) is 0. The van der Waals surface area contributed by atoms with Crippen LogP contribution in [-0.2, 0) is 9.84 Å². The molecule has 2 fully saturated rings. The second-order valence-corrected chi connectivity index (χ2v) is 11.7. The van der Waals surface area contributed by atoms with Crippen LogP contribution in [0.5, 0.6) is 5.88 Å². The molecule has 0 N–H and O–H groups in total. The van der Waals surface area contributed by atoms with E-state index in [1.807, 2.05) is 17.5 Å². The normalized spacial score (nSPS) is 17.4. The topological polar surface area (TPSA) is 111 Å². The zero-order chi connectivity index (χ0) is 23.3. The first-order chi connectivity index (χ1) is 16.5. The molecule has 9 nitrogen and oxygen atoms in total. The molecule has 176 valence electrons. The number of aromatic nitrogens is 4. The lowest BCUT2D eigenvalue weighted by molar-refractivity contribution is 0.164. The monoisotopic (exact) mass is 497 g/mol. The van der Waals surface area contributed by atoms with E-state index in [1.165, 1.54) is 23.9 Å². The molecule has 4 heterocycles. The molecule has 1 aliphatic carbocycles. The highest BCUT2D eigenvalue weighted by atomic mass is 32.2. The molecule has 2 aliphatic rings. The number of nitrogens with zero attached hydrogens (tertiary/aromatic N) is 5. The van der Waals surface area contributed by atoms with Crippen molar-refractivity contribution in [1.29, 1.82) is 0 Å². The molecule has 0 radical (unpaired) electrons. The summed E-state index contributed by atoms with van der Waals surface area (Å²) in [7, 11) is -3.24. The summed E-state index contributed by atoms with van der Waals surface area (Å²) < 4.78 is 36.2. The first kappa shape index (κ1) is 21.5. The zero-order valence-electron chi connectivity index (χ0n) is 18.5. The minimum absolute atomic E-state index is 0.0415. The summed E-state index contributed by atoms with van der Waals surface area (Å²) in [5, 5.41) is 6.13. The van der Waals surface area contributed by atoms with Gasteiger partial charge < -0.3 is 14.2 Å². The molecule has 3 aromatic heterocycles. The van der Waals surface area contributed by atoms with Gasteiger partial charge >= 0.3 is 6.01 Å². The van der Waals surface area contributed by atoms with Crippen molar-refractivity contribution >= 4 is 37.4 Å². The molecule has 1 saturated heterocycles. The van der Waals surface area contributed by atoms with Crippen LogP contribution in [-0.4, -0.2) is 54.0 Å². The van der Waals surface area contributed by atoms with Gasteiger partial charge in [0, 0.05) is 49.0 Å². The van der Waals surface area contributed by atoms with Crippen molar-refractivity contribution in [2.24, 2.45) is 0 Å². The quantitative estimate of drug-likeness (QED) is 0.389. The minimum Gasteiger partial charge on any atom is -0.473 e. The van der Waals surface area contributed by atoms with Crippen LogP contribution < -0.4 is 9.64 Å². The second-order valence-electron chi connectivity index (χ2n) is 8.82. The summed E-state index contributed by atoms with van der Waals surface area (Å²) in [6.45, 7) is 1.57. The van der Waals surface area contributed by atoms with Crippen LogP contribution in [0.25, 0.3) is 21.3 Å². The minimum atomic E-state index is -3.24.